The zero-order chi connectivity index (χ0) is 20.4. The van der Waals surface area contributed by atoms with Gasteiger partial charge in [0.05, 0.1) is 10.6 Å². The van der Waals surface area contributed by atoms with Crippen molar-refractivity contribution in [2.75, 3.05) is 11.1 Å². The Balaban J connectivity index is 2.29. The number of carbonyl (C=O) groups is 1. The van der Waals surface area contributed by atoms with E-state index in [2.05, 4.69) is 10.3 Å². The second-order valence-electron chi connectivity index (χ2n) is 6.29. The van der Waals surface area contributed by atoms with Crippen LogP contribution in [-0.4, -0.2) is 21.6 Å². The molecule has 0 spiro atoms. The van der Waals surface area contributed by atoms with Crippen molar-refractivity contribution in [1.29, 1.82) is 0 Å². The van der Waals surface area contributed by atoms with Crippen molar-refractivity contribution in [3.05, 3.63) is 46.1 Å². The van der Waals surface area contributed by atoms with Gasteiger partial charge in [0.1, 0.15) is 5.60 Å². The van der Waals surface area contributed by atoms with E-state index in [-0.39, 0.29) is 0 Å². The number of nitro groups is 1. The van der Waals surface area contributed by atoms with Gasteiger partial charge in [-0.15, -0.1) is 0 Å². The minimum Gasteiger partial charge on any atom is -0.447 e. The lowest BCUT2D eigenvalue weighted by Gasteiger charge is -2.20. The summed E-state index contributed by atoms with van der Waals surface area (Å²) in [6.45, 7) is 4.81. The monoisotopic (exact) mass is 382 g/mol. The number of amides is 1. The molecule has 0 aliphatic heterocycles. The van der Waals surface area contributed by atoms with Crippen LogP contribution in [-0.2, 0) is 4.74 Å². The predicted octanol–water partition coefficient (Wildman–Crippen LogP) is 3.99. The first-order valence-electron chi connectivity index (χ1n) is 7.53. The van der Waals surface area contributed by atoms with Gasteiger partial charge >= 0.3 is 11.8 Å². The molecule has 0 saturated heterocycles. The molecular weight excluding hydrogens is 366 g/mol. The molecular formula is C16H16F2N4O5. The number of nitrogens with one attached hydrogen (secondary N) is 1. The first kappa shape index (κ1) is 19.8. The highest BCUT2D eigenvalue weighted by atomic mass is 19.1. The average molecular weight is 382 g/mol. The maximum atomic E-state index is 14.2. The third kappa shape index (κ3) is 5.00. The summed E-state index contributed by atoms with van der Waals surface area (Å²) in [6.07, 6.45) is 0.136. The van der Waals surface area contributed by atoms with Gasteiger partial charge in [0, 0.05) is 24.4 Å². The van der Waals surface area contributed by atoms with Crippen LogP contribution < -0.4 is 15.8 Å². The molecule has 0 aliphatic carbocycles. The molecule has 144 valence electrons. The molecule has 0 aliphatic rings. The Hall–Kier alpha value is -3.50. The minimum atomic E-state index is -1.08. The van der Waals surface area contributed by atoms with E-state index in [0.29, 0.717) is 12.1 Å². The largest absolute Gasteiger partial charge is 0.447 e. The second-order valence-corrected chi connectivity index (χ2v) is 6.29. The van der Waals surface area contributed by atoms with Crippen molar-refractivity contribution in [2.45, 2.75) is 26.4 Å². The minimum absolute atomic E-state index is 0.418. The van der Waals surface area contributed by atoms with E-state index in [9.17, 15) is 23.7 Å². The molecule has 0 saturated carbocycles. The molecule has 1 aromatic carbocycles. The summed E-state index contributed by atoms with van der Waals surface area (Å²) in [7, 11) is 0. The third-order valence-corrected chi connectivity index (χ3v) is 2.98. The van der Waals surface area contributed by atoms with E-state index < -0.39 is 56.9 Å². The number of aromatic nitrogens is 1. The lowest BCUT2D eigenvalue weighted by atomic mass is 10.2. The lowest BCUT2D eigenvalue weighted by Crippen LogP contribution is -2.27. The fourth-order valence-corrected chi connectivity index (χ4v) is 1.95. The van der Waals surface area contributed by atoms with Crippen molar-refractivity contribution < 1.29 is 28.0 Å². The van der Waals surface area contributed by atoms with Crippen LogP contribution in [0.4, 0.5) is 30.8 Å². The average Bonchev–Trinajstić information content (AvgIpc) is 2.50. The number of hydrogen-bond donors (Lipinski definition) is 2. The summed E-state index contributed by atoms with van der Waals surface area (Å²) in [5.41, 5.74) is 3.41. The van der Waals surface area contributed by atoms with Crippen LogP contribution in [0, 0.1) is 21.7 Å². The Kier molecular flexibility index (Phi) is 5.43. The molecule has 11 heteroatoms. The number of ether oxygens (including phenoxy) is 2. The fraction of sp³-hybridized carbons (Fsp3) is 0.250. The summed E-state index contributed by atoms with van der Waals surface area (Å²) < 4.78 is 38.4. The summed E-state index contributed by atoms with van der Waals surface area (Å²) in [4.78, 5) is 25.4. The quantitative estimate of drug-likeness (QED) is 0.604. The molecule has 3 N–H and O–H groups in total. The van der Waals surface area contributed by atoms with E-state index >= 15 is 0 Å². The first-order chi connectivity index (χ1) is 12.5. The van der Waals surface area contributed by atoms with Gasteiger partial charge in [-0.1, -0.05) is 0 Å². The number of hydrogen-bond acceptors (Lipinski definition) is 7. The van der Waals surface area contributed by atoms with Crippen LogP contribution in [0.2, 0.25) is 0 Å². The van der Waals surface area contributed by atoms with Gasteiger partial charge in [0.15, 0.2) is 17.4 Å². The van der Waals surface area contributed by atoms with Crippen LogP contribution in [0.1, 0.15) is 20.8 Å². The Morgan fingerprint density at radius 2 is 1.93 bits per heavy atom. The maximum Gasteiger partial charge on any atom is 0.412 e. The van der Waals surface area contributed by atoms with Crippen molar-refractivity contribution in [3.63, 3.8) is 0 Å². The number of anilines is 2. The molecule has 9 nitrogen and oxygen atoms in total. The van der Waals surface area contributed by atoms with Crippen molar-refractivity contribution in [1.82, 2.24) is 4.98 Å². The van der Waals surface area contributed by atoms with Crippen LogP contribution in [0.15, 0.2) is 24.4 Å². The number of nitrogens with zero attached hydrogens (tertiary/aromatic N) is 2. The Morgan fingerprint density at radius 3 is 2.52 bits per heavy atom. The number of rotatable bonds is 4. The van der Waals surface area contributed by atoms with E-state index in [1.54, 1.807) is 20.8 Å². The number of halogens is 2. The molecule has 0 atom stereocenters. The highest BCUT2D eigenvalue weighted by Gasteiger charge is 2.24. The molecule has 0 unspecified atom stereocenters. The standard InChI is InChI=1S/C16H16F2N4O5/c1-16(2,3)27-15(23)21-10-6-9(18)12(7-8(10)17)26-11-4-5-20-14(19)13(11)22(24)25/h4-7H,1-3H3,(H2,19,20)(H,21,23). The Morgan fingerprint density at radius 1 is 1.26 bits per heavy atom. The number of pyridine rings is 1. The molecule has 27 heavy (non-hydrogen) atoms. The van der Waals surface area contributed by atoms with Gasteiger partial charge in [-0.25, -0.2) is 18.6 Å². The number of carbonyl (C=O) groups excluding carboxylic acids is 1. The summed E-state index contributed by atoms with van der Waals surface area (Å²) >= 11 is 0. The Labute approximate surface area is 152 Å². The van der Waals surface area contributed by atoms with E-state index in [1.165, 1.54) is 0 Å². The number of nitrogen functional groups attached to an aromatic ring is 1. The molecule has 0 bridgehead atoms. The zero-order valence-electron chi connectivity index (χ0n) is 14.6. The molecule has 1 heterocycles. The first-order valence-corrected chi connectivity index (χ1v) is 7.53. The highest BCUT2D eigenvalue weighted by molar-refractivity contribution is 5.85. The van der Waals surface area contributed by atoms with Crippen LogP contribution in [0.5, 0.6) is 11.5 Å². The van der Waals surface area contributed by atoms with Gasteiger partial charge in [-0.2, -0.15) is 0 Å². The summed E-state index contributed by atoms with van der Waals surface area (Å²) in [5, 5.41) is 13.1. The van der Waals surface area contributed by atoms with Crippen LogP contribution >= 0.6 is 0 Å². The fourth-order valence-electron chi connectivity index (χ4n) is 1.95. The molecule has 0 radical (unpaired) electrons. The maximum absolute atomic E-state index is 14.2. The summed E-state index contributed by atoms with van der Waals surface area (Å²) in [6, 6.07) is 2.37. The number of nitrogens with two attached hydrogens (primary N) is 1. The molecule has 2 aromatic rings. The van der Waals surface area contributed by atoms with Gasteiger partial charge in [-0.05, 0) is 20.8 Å². The SMILES string of the molecule is CC(C)(C)OC(=O)Nc1cc(F)c(Oc2ccnc(N)c2[N+](=O)[O-])cc1F. The smallest absolute Gasteiger partial charge is 0.412 e. The summed E-state index contributed by atoms with van der Waals surface area (Å²) in [5.74, 6) is -3.62. The second kappa shape index (κ2) is 7.40. The number of benzene rings is 1. The van der Waals surface area contributed by atoms with Crippen molar-refractivity contribution in [2.24, 2.45) is 0 Å². The van der Waals surface area contributed by atoms with Gasteiger partial charge < -0.3 is 15.2 Å². The zero-order valence-corrected chi connectivity index (χ0v) is 14.6. The molecule has 0 fully saturated rings. The molecule has 2 rings (SSSR count). The van der Waals surface area contributed by atoms with E-state index in [4.69, 9.17) is 15.2 Å². The van der Waals surface area contributed by atoms with E-state index in [0.717, 1.165) is 12.3 Å². The van der Waals surface area contributed by atoms with E-state index in [1.807, 2.05) is 0 Å². The van der Waals surface area contributed by atoms with Gasteiger partial charge in [0.2, 0.25) is 11.6 Å². The van der Waals surface area contributed by atoms with Gasteiger partial charge in [-0.3, -0.25) is 15.4 Å². The van der Waals surface area contributed by atoms with Crippen molar-refractivity contribution in [3.8, 4) is 11.5 Å². The molecule has 1 aromatic heterocycles. The normalized spacial score (nSPS) is 11.0. The predicted molar refractivity (Wildman–Crippen MR) is 91.6 cm³/mol. The topological polar surface area (TPSA) is 130 Å². The van der Waals surface area contributed by atoms with Crippen LogP contribution in [0.3, 0.4) is 0 Å². The highest BCUT2D eigenvalue weighted by Crippen LogP contribution is 2.36. The van der Waals surface area contributed by atoms with Gasteiger partial charge in [0.25, 0.3) is 0 Å². The van der Waals surface area contributed by atoms with Crippen LogP contribution in [0.25, 0.3) is 0 Å². The van der Waals surface area contributed by atoms with Crippen molar-refractivity contribution >= 4 is 23.3 Å². The third-order valence-electron chi connectivity index (χ3n) is 2.98. The molecule has 1 amide bonds. The lowest BCUT2D eigenvalue weighted by molar-refractivity contribution is -0.384. The Bertz CT molecular complexity index is 899.